The summed E-state index contributed by atoms with van der Waals surface area (Å²) in [7, 11) is 0. The maximum atomic E-state index is 13.5. The number of aryl methyl sites for hydroxylation is 2. The molecular weight excluding hydrogens is 390 g/mol. The van der Waals surface area contributed by atoms with Gasteiger partial charge in [0.2, 0.25) is 0 Å². The summed E-state index contributed by atoms with van der Waals surface area (Å²) in [5, 5.41) is 8.64. The van der Waals surface area contributed by atoms with Gasteiger partial charge in [0.05, 0.1) is 28.8 Å². The number of carbonyl (C=O) groups is 1. The highest BCUT2D eigenvalue weighted by atomic mass is 16.5. The van der Waals surface area contributed by atoms with Gasteiger partial charge in [0.25, 0.3) is 5.91 Å². The van der Waals surface area contributed by atoms with Crippen LogP contribution < -0.4 is 0 Å². The van der Waals surface area contributed by atoms with Crippen LogP contribution in [0.25, 0.3) is 5.69 Å². The standard InChI is InChI=1S/C24H31N5O2/c1-4-9-23-21(16-25-29(23)20-10-6-5-7-11-20)24(30)28-13-8-12-27(14-15-28)17-22-18(2)26-31-19(22)3/h5-7,10-11,16H,4,8-9,12-15,17H2,1-3H3. The van der Waals surface area contributed by atoms with Gasteiger partial charge in [-0.05, 0) is 38.8 Å². The van der Waals surface area contributed by atoms with Crippen molar-refractivity contribution in [3.63, 3.8) is 0 Å². The van der Waals surface area contributed by atoms with Crippen LogP contribution in [-0.2, 0) is 13.0 Å². The quantitative estimate of drug-likeness (QED) is 0.606. The normalized spacial score (nSPS) is 15.3. The van der Waals surface area contributed by atoms with Crippen molar-refractivity contribution in [3.8, 4) is 5.69 Å². The molecule has 3 heterocycles. The third kappa shape index (κ3) is 4.56. The fourth-order valence-corrected chi connectivity index (χ4v) is 4.28. The SMILES string of the molecule is CCCc1c(C(=O)N2CCCN(Cc3c(C)noc3C)CC2)cnn1-c1ccccc1. The highest BCUT2D eigenvalue weighted by molar-refractivity contribution is 5.95. The van der Waals surface area contributed by atoms with Crippen LogP contribution in [-0.4, -0.2) is 56.8 Å². The Hall–Kier alpha value is -2.93. The number of aromatic nitrogens is 3. The number of benzene rings is 1. The zero-order valence-electron chi connectivity index (χ0n) is 18.7. The van der Waals surface area contributed by atoms with Crippen LogP contribution in [0.3, 0.4) is 0 Å². The van der Waals surface area contributed by atoms with Crippen LogP contribution in [0.5, 0.6) is 0 Å². The highest BCUT2D eigenvalue weighted by Gasteiger charge is 2.25. The van der Waals surface area contributed by atoms with Crippen LogP contribution in [0.4, 0.5) is 0 Å². The molecule has 0 radical (unpaired) electrons. The van der Waals surface area contributed by atoms with Gasteiger partial charge >= 0.3 is 0 Å². The lowest BCUT2D eigenvalue weighted by Crippen LogP contribution is -2.35. The van der Waals surface area contributed by atoms with E-state index in [-0.39, 0.29) is 5.91 Å². The molecule has 4 rings (SSSR count). The number of hydrogen-bond donors (Lipinski definition) is 0. The number of carbonyl (C=O) groups excluding carboxylic acids is 1. The molecule has 1 amide bonds. The van der Waals surface area contributed by atoms with Gasteiger partial charge < -0.3 is 9.42 Å². The minimum Gasteiger partial charge on any atom is -0.361 e. The van der Waals surface area contributed by atoms with E-state index in [9.17, 15) is 4.79 Å². The van der Waals surface area contributed by atoms with E-state index in [1.54, 1.807) is 6.20 Å². The first-order valence-electron chi connectivity index (χ1n) is 11.1. The van der Waals surface area contributed by atoms with Crippen molar-refractivity contribution in [2.24, 2.45) is 0 Å². The van der Waals surface area contributed by atoms with Gasteiger partial charge in [-0.15, -0.1) is 0 Å². The van der Waals surface area contributed by atoms with Crippen molar-refractivity contribution < 1.29 is 9.32 Å². The molecule has 0 aliphatic carbocycles. The molecule has 0 saturated carbocycles. The predicted molar refractivity (Wildman–Crippen MR) is 119 cm³/mol. The van der Waals surface area contributed by atoms with Crippen molar-refractivity contribution in [1.29, 1.82) is 0 Å². The lowest BCUT2D eigenvalue weighted by molar-refractivity contribution is 0.0760. The smallest absolute Gasteiger partial charge is 0.257 e. The molecule has 1 aliphatic heterocycles. The number of amides is 1. The lowest BCUT2D eigenvalue weighted by atomic mass is 10.1. The van der Waals surface area contributed by atoms with E-state index in [0.29, 0.717) is 6.54 Å². The molecule has 3 aromatic rings. The second kappa shape index (κ2) is 9.47. The van der Waals surface area contributed by atoms with Gasteiger partial charge in [-0.2, -0.15) is 5.10 Å². The van der Waals surface area contributed by atoms with E-state index >= 15 is 0 Å². The summed E-state index contributed by atoms with van der Waals surface area (Å²) in [4.78, 5) is 17.8. The summed E-state index contributed by atoms with van der Waals surface area (Å²) < 4.78 is 7.22. The van der Waals surface area contributed by atoms with E-state index in [2.05, 4.69) is 22.1 Å². The van der Waals surface area contributed by atoms with Gasteiger partial charge in [-0.1, -0.05) is 36.7 Å². The van der Waals surface area contributed by atoms with E-state index < -0.39 is 0 Å². The topological polar surface area (TPSA) is 67.4 Å². The Balaban J connectivity index is 1.49. The molecule has 0 atom stereocenters. The van der Waals surface area contributed by atoms with E-state index in [1.807, 2.05) is 53.8 Å². The number of nitrogens with zero attached hydrogens (tertiary/aromatic N) is 5. The second-order valence-electron chi connectivity index (χ2n) is 8.23. The van der Waals surface area contributed by atoms with Gasteiger partial charge in [-0.3, -0.25) is 9.69 Å². The average molecular weight is 422 g/mol. The second-order valence-corrected chi connectivity index (χ2v) is 8.23. The molecule has 1 aliphatic rings. The summed E-state index contributed by atoms with van der Waals surface area (Å²) >= 11 is 0. The summed E-state index contributed by atoms with van der Waals surface area (Å²) in [5.74, 6) is 0.969. The molecular formula is C24H31N5O2. The Labute approximate surface area is 183 Å². The van der Waals surface area contributed by atoms with Gasteiger partial charge in [0.1, 0.15) is 5.76 Å². The summed E-state index contributed by atoms with van der Waals surface area (Å²) in [6, 6.07) is 10.0. The lowest BCUT2D eigenvalue weighted by Gasteiger charge is -2.22. The number of hydrogen-bond acceptors (Lipinski definition) is 5. The number of para-hydroxylation sites is 1. The molecule has 1 fully saturated rings. The van der Waals surface area contributed by atoms with E-state index in [4.69, 9.17) is 4.52 Å². The van der Waals surface area contributed by atoms with E-state index in [1.165, 1.54) is 0 Å². The zero-order valence-corrected chi connectivity index (χ0v) is 18.7. The summed E-state index contributed by atoms with van der Waals surface area (Å²) in [6.07, 6.45) is 4.48. The van der Waals surface area contributed by atoms with E-state index in [0.717, 1.165) is 79.4 Å². The molecule has 31 heavy (non-hydrogen) atoms. The average Bonchev–Trinajstić information content (AvgIpc) is 3.24. The fraction of sp³-hybridized carbons (Fsp3) is 0.458. The molecule has 2 aromatic heterocycles. The molecule has 0 bridgehead atoms. The molecule has 0 spiro atoms. The number of rotatable bonds is 6. The third-order valence-corrected chi connectivity index (χ3v) is 6.03. The highest BCUT2D eigenvalue weighted by Crippen LogP contribution is 2.20. The van der Waals surface area contributed by atoms with Gasteiger partial charge in [-0.25, -0.2) is 4.68 Å². The van der Waals surface area contributed by atoms with Crippen LogP contribution in [0.2, 0.25) is 0 Å². The summed E-state index contributed by atoms with van der Waals surface area (Å²) in [5.41, 5.74) is 4.83. The fourth-order valence-electron chi connectivity index (χ4n) is 4.28. The van der Waals surface area contributed by atoms with Crippen molar-refractivity contribution >= 4 is 5.91 Å². The maximum Gasteiger partial charge on any atom is 0.257 e. The molecule has 7 nitrogen and oxygen atoms in total. The molecule has 1 aromatic carbocycles. The zero-order chi connectivity index (χ0) is 21.8. The first-order valence-corrected chi connectivity index (χ1v) is 11.1. The molecule has 0 N–H and O–H groups in total. The predicted octanol–water partition coefficient (Wildman–Crippen LogP) is 3.78. The van der Waals surface area contributed by atoms with Crippen LogP contribution in [0.1, 0.15) is 52.8 Å². The Kier molecular flexibility index (Phi) is 6.51. The summed E-state index contributed by atoms with van der Waals surface area (Å²) in [6.45, 7) is 10.2. The Morgan fingerprint density at radius 3 is 2.61 bits per heavy atom. The Morgan fingerprint density at radius 1 is 1.10 bits per heavy atom. The molecule has 7 heteroatoms. The Morgan fingerprint density at radius 2 is 1.90 bits per heavy atom. The maximum absolute atomic E-state index is 13.5. The molecule has 1 saturated heterocycles. The Bertz CT molecular complexity index is 1000. The van der Waals surface area contributed by atoms with Crippen molar-refractivity contribution in [3.05, 3.63) is 64.8 Å². The molecule has 0 unspecified atom stereocenters. The van der Waals surface area contributed by atoms with Crippen LogP contribution in [0.15, 0.2) is 41.1 Å². The van der Waals surface area contributed by atoms with Crippen LogP contribution >= 0.6 is 0 Å². The minimum atomic E-state index is 0.0878. The minimum absolute atomic E-state index is 0.0878. The van der Waals surface area contributed by atoms with Crippen LogP contribution in [0, 0.1) is 13.8 Å². The first-order chi connectivity index (χ1) is 15.1. The third-order valence-electron chi connectivity index (χ3n) is 6.03. The monoisotopic (exact) mass is 421 g/mol. The first kappa shape index (κ1) is 21.3. The van der Waals surface area contributed by atoms with Gasteiger partial charge in [0.15, 0.2) is 0 Å². The van der Waals surface area contributed by atoms with Crippen molar-refractivity contribution in [2.75, 3.05) is 26.2 Å². The largest absolute Gasteiger partial charge is 0.361 e. The van der Waals surface area contributed by atoms with Crippen molar-refractivity contribution in [2.45, 2.75) is 46.6 Å². The van der Waals surface area contributed by atoms with Crippen molar-refractivity contribution in [1.82, 2.24) is 24.7 Å². The molecule has 164 valence electrons. The van der Waals surface area contributed by atoms with Gasteiger partial charge in [0, 0.05) is 38.3 Å².